The lowest BCUT2D eigenvalue weighted by Gasteiger charge is -2.26. The van der Waals surface area contributed by atoms with Crippen molar-refractivity contribution in [3.63, 3.8) is 0 Å². The molecule has 0 amide bonds. The van der Waals surface area contributed by atoms with E-state index in [-0.39, 0.29) is 23.6 Å². The number of sulfonamides is 1. The lowest BCUT2D eigenvalue weighted by Crippen LogP contribution is -2.33. The van der Waals surface area contributed by atoms with Gasteiger partial charge in [-0.15, -0.1) is 0 Å². The lowest BCUT2D eigenvalue weighted by atomic mass is 9.82. The van der Waals surface area contributed by atoms with Crippen LogP contribution in [0.1, 0.15) is 18.9 Å². The zero-order chi connectivity index (χ0) is 17.5. The van der Waals surface area contributed by atoms with Crippen molar-refractivity contribution in [2.75, 3.05) is 13.1 Å². The largest absolute Gasteiger partial charge is 0.390 e. The number of alkyl halides is 3. The summed E-state index contributed by atoms with van der Waals surface area (Å²) in [5.41, 5.74) is 0.884. The van der Waals surface area contributed by atoms with Gasteiger partial charge in [-0.25, -0.2) is 8.42 Å². The summed E-state index contributed by atoms with van der Waals surface area (Å²) < 4.78 is 64.8. The summed E-state index contributed by atoms with van der Waals surface area (Å²) in [7, 11) is -3.86. The molecular formula is C15H17ClF3NO2S. The third-order valence-electron chi connectivity index (χ3n) is 4.03. The average molecular weight is 368 g/mol. The molecule has 3 nitrogen and oxygen atoms in total. The maximum Gasteiger partial charge on any atom is 0.390 e. The predicted octanol–water partition coefficient (Wildman–Crippen LogP) is 4.08. The zero-order valence-electron chi connectivity index (χ0n) is 12.7. The van der Waals surface area contributed by atoms with Gasteiger partial charge in [0.25, 0.3) is 0 Å². The molecule has 0 aliphatic carbocycles. The average Bonchev–Trinajstić information content (AvgIpc) is 2.74. The molecule has 1 fully saturated rings. The van der Waals surface area contributed by atoms with Crippen LogP contribution < -0.4 is 0 Å². The third kappa shape index (κ3) is 3.89. The molecule has 0 spiro atoms. The first-order valence-electron chi connectivity index (χ1n) is 6.91. The molecule has 128 valence electrons. The molecule has 1 aliphatic heterocycles. The quantitative estimate of drug-likeness (QED) is 0.807. The van der Waals surface area contributed by atoms with Gasteiger partial charge in [0.2, 0.25) is 10.0 Å². The van der Waals surface area contributed by atoms with Crippen LogP contribution in [0.3, 0.4) is 0 Å². The van der Waals surface area contributed by atoms with Crippen LogP contribution in [0.25, 0.3) is 0 Å². The van der Waals surface area contributed by atoms with Crippen LogP contribution in [-0.2, 0) is 10.0 Å². The van der Waals surface area contributed by atoms with Crippen molar-refractivity contribution >= 4 is 21.6 Å². The molecule has 1 saturated heterocycles. The van der Waals surface area contributed by atoms with Crippen LogP contribution in [0.4, 0.5) is 13.2 Å². The fourth-order valence-electron chi connectivity index (χ4n) is 2.73. The van der Waals surface area contributed by atoms with Gasteiger partial charge in [-0.2, -0.15) is 17.5 Å². The molecule has 0 N–H and O–H groups in total. The highest BCUT2D eigenvalue weighted by molar-refractivity contribution is 7.89. The van der Waals surface area contributed by atoms with Crippen LogP contribution in [0.15, 0.2) is 40.3 Å². The van der Waals surface area contributed by atoms with Gasteiger partial charge in [0.05, 0.1) is 11.3 Å². The van der Waals surface area contributed by atoms with Gasteiger partial charge in [0, 0.05) is 24.0 Å². The second kappa shape index (κ2) is 6.11. The van der Waals surface area contributed by atoms with E-state index in [0.717, 1.165) is 15.4 Å². The Morgan fingerprint density at radius 2 is 1.87 bits per heavy atom. The number of hydrogen-bond acceptors (Lipinski definition) is 2. The van der Waals surface area contributed by atoms with Crippen molar-refractivity contribution in [3.05, 3.63) is 40.9 Å². The van der Waals surface area contributed by atoms with Crippen LogP contribution in [0, 0.1) is 12.3 Å². The highest BCUT2D eigenvalue weighted by Crippen LogP contribution is 2.45. The topological polar surface area (TPSA) is 37.4 Å². The Bertz CT molecular complexity index is 713. The summed E-state index contributed by atoms with van der Waals surface area (Å²) >= 11 is 5.65. The van der Waals surface area contributed by atoms with Crippen molar-refractivity contribution in [3.8, 4) is 0 Å². The van der Waals surface area contributed by atoms with Gasteiger partial charge in [0.15, 0.2) is 0 Å². The maximum atomic E-state index is 12.8. The Balaban J connectivity index is 2.34. The molecule has 2 rings (SSSR count). The van der Waals surface area contributed by atoms with Crippen LogP contribution in [-0.4, -0.2) is 32.0 Å². The van der Waals surface area contributed by atoms with Crippen molar-refractivity contribution in [1.29, 1.82) is 0 Å². The van der Waals surface area contributed by atoms with Gasteiger partial charge < -0.3 is 0 Å². The molecule has 0 saturated carbocycles. The molecule has 1 aliphatic rings. The molecule has 1 atom stereocenters. The summed E-state index contributed by atoms with van der Waals surface area (Å²) in [6.45, 7) is 2.83. The molecule has 1 heterocycles. The van der Waals surface area contributed by atoms with Gasteiger partial charge in [-0.1, -0.05) is 36.2 Å². The zero-order valence-corrected chi connectivity index (χ0v) is 14.3. The SMILES string of the molecule is Cc1ccc(S(=O)(=O)N2C/C(=C\Cl)C(C)(CC(F)(F)F)C2)cc1. The Hall–Kier alpha value is -1.05. The van der Waals surface area contributed by atoms with E-state index in [1.54, 1.807) is 12.1 Å². The van der Waals surface area contributed by atoms with E-state index >= 15 is 0 Å². The predicted molar refractivity (Wildman–Crippen MR) is 82.7 cm³/mol. The fourth-order valence-corrected chi connectivity index (χ4v) is 4.61. The van der Waals surface area contributed by atoms with Crippen LogP contribution in [0.2, 0.25) is 0 Å². The number of aryl methyl sites for hydroxylation is 1. The molecule has 0 bridgehead atoms. The van der Waals surface area contributed by atoms with E-state index in [1.165, 1.54) is 19.1 Å². The minimum Gasteiger partial charge on any atom is -0.207 e. The number of hydrogen-bond donors (Lipinski definition) is 0. The molecular weight excluding hydrogens is 351 g/mol. The summed E-state index contributed by atoms with van der Waals surface area (Å²) in [4.78, 5) is 0.0632. The third-order valence-corrected chi connectivity index (χ3v) is 6.10. The monoisotopic (exact) mass is 367 g/mol. The van der Waals surface area contributed by atoms with Gasteiger partial charge in [-0.3, -0.25) is 0 Å². The second-order valence-corrected chi connectivity index (χ2v) is 8.23. The van der Waals surface area contributed by atoms with E-state index in [4.69, 9.17) is 11.6 Å². The highest BCUT2D eigenvalue weighted by atomic mass is 35.5. The summed E-state index contributed by atoms with van der Waals surface area (Å²) in [5.74, 6) is 0. The molecule has 0 radical (unpaired) electrons. The van der Waals surface area contributed by atoms with Crippen molar-refractivity contribution in [2.45, 2.75) is 31.3 Å². The molecule has 1 unspecified atom stereocenters. The minimum atomic E-state index is -4.40. The molecule has 0 aromatic heterocycles. The van der Waals surface area contributed by atoms with E-state index in [9.17, 15) is 21.6 Å². The smallest absolute Gasteiger partial charge is 0.207 e. The Labute approximate surface area is 138 Å². The van der Waals surface area contributed by atoms with Gasteiger partial charge in [-0.05, 0) is 24.6 Å². The number of rotatable bonds is 3. The van der Waals surface area contributed by atoms with E-state index < -0.39 is 28.0 Å². The number of nitrogens with zero attached hydrogens (tertiary/aromatic N) is 1. The fraction of sp³-hybridized carbons (Fsp3) is 0.467. The normalized spacial score (nSPS) is 25.2. The summed E-state index contributed by atoms with van der Waals surface area (Å²) in [6.07, 6.45) is -5.51. The molecule has 1 aromatic rings. The maximum absolute atomic E-state index is 12.8. The molecule has 8 heteroatoms. The number of halogens is 4. The van der Waals surface area contributed by atoms with E-state index in [0.29, 0.717) is 0 Å². The molecule has 23 heavy (non-hydrogen) atoms. The summed E-state index contributed by atoms with van der Waals surface area (Å²) in [6, 6.07) is 6.20. The summed E-state index contributed by atoms with van der Waals surface area (Å²) in [5, 5.41) is 0. The highest BCUT2D eigenvalue weighted by Gasteiger charge is 2.49. The first kappa shape index (κ1) is 18.3. The number of benzene rings is 1. The first-order valence-corrected chi connectivity index (χ1v) is 8.79. The minimum absolute atomic E-state index is 0.0632. The molecule has 1 aromatic carbocycles. The van der Waals surface area contributed by atoms with Gasteiger partial charge >= 0.3 is 6.18 Å². The van der Waals surface area contributed by atoms with Crippen molar-refractivity contribution in [1.82, 2.24) is 4.31 Å². The van der Waals surface area contributed by atoms with Crippen LogP contribution in [0.5, 0.6) is 0 Å². The van der Waals surface area contributed by atoms with E-state index in [2.05, 4.69) is 0 Å². The standard InChI is InChI=1S/C15H17ClF3NO2S/c1-11-3-5-13(6-4-11)23(21,22)20-8-12(7-16)14(2,10-20)9-15(17,18)19/h3-7H,8-10H2,1-2H3/b12-7+. The van der Waals surface area contributed by atoms with Crippen LogP contribution >= 0.6 is 11.6 Å². The Kier molecular flexibility index (Phi) is 4.86. The Morgan fingerprint density at radius 1 is 1.30 bits per heavy atom. The van der Waals surface area contributed by atoms with Gasteiger partial charge in [0.1, 0.15) is 0 Å². The van der Waals surface area contributed by atoms with Crippen molar-refractivity contribution in [2.24, 2.45) is 5.41 Å². The first-order chi connectivity index (χ1) is 10.5. The second-order valence-electron chi connectivity index (χ2n) is 6.07. The Morgan fingerprint density at radius 3 is 2.35 bits per heavy atom. The van der Waals surface area contributed by atoms with Crippen molar-refractivity contribution < 1.29 is 21.6 Å². The lowest BCUT2D eigenvalue weighted by molar-refractivity contribution is -0.150. The van der Waals surface area contributed by atoms with E-state index in [1.807, 2.05) is 6.92 Å².